The molecule has 3 aromatic carbocycles. The Morgan fingerprint density at radius 3 is 2.45 bits per heavy atom. The minimum absolute atomic E-state index is 0.0751. The van der Waals surface area contributed by atoms with Crippen LogP contribution in [0.5, 0.6) is 0 Å². The van der Waals surface area contributed by atoms with Gasteiger partial charge in [-0.1, -0.05) is 48.5 Å². The van der Waals surface area contributed by atoms with Crippen molar-refractivity contribution in [3.05, 3.63) is 99.6 Å². The standard InChI is InChI=1S/C24H21N5O4/c1-15-14-17(29(32)33)12-13-19(15)25-24(31)27-22-23(30)28(2)20-11-7-6-10-18(20)21(26-22)16-8-4-3-5-9-16/h3-14,22H,1-2H3,(H2,25,27,31)/t22-/m0/s1. The summed E-state index contributed by atoms with van der Waals surface area (Å²) in [7, 11) is 1.64. The van der Waals surface area contributed by atoms with Crippen molar-refractivity contribution in [2.24, 2.45) is 4.99 Å². The van der Waals surface area contributed by atoms with E-state index in [9.17, 15) is 19.7 Å². The maximum Gasteiger partial charge on any atom is 0.321 e. The summed E-state index contributed by atoms with van der Waals surface area (Å²) in [5.74, 6) is -0.399. The summed E-state index contributed by atoms with van der Waals surface area (Å²) in [4.78, 5) is 42.4. The number of urea groups is 1. The van der Waals surface area contributed by atoms with Gasteiger partial charge in [0.15, 0.2) is 0 Å². The molecule has 1 heterocycles. The van der Waals surface area contributed by atoms with Crippen LogP contribution in [0.2, 0.25) is 0 Å². The van der Waals surface area contributed by atoms with Gasteiger partial charge in [0.25, 0.3) is 11.6 Å². The van der Waals surface area contributed by atoms with Gasteiger partial charge in [-0.2, -0.15) is 0 Å². The third kappa shape index (κ3) is 4.42. The van der Waals surface area contributed by atoms with Crippen LogP contribution >= 0.6 is 0 Å². The number of fused-ring (bicyclic) bond motifs is 1. The number of carbonyl (C=O) groups is 2. The molecule has 1 aliphatic heterocycles. The van der Waals surface area contributed by atoms with Gasteiger partial charge < -0.3 is 15.5 Å². The van der Waals surface area contributed by atoms with Crippen molar-refractivity contribution >= 4 is 34.7 Å². The number of rotatable bonds is 4. The summed E-state index contributed by atoms with van der Waals surface area (Å²) in [6.07, 6.45) is -1.17. The molecular weight excluding hydrogens is 422 g/mol. The van der Waals surface area contributed by atoms with E-state index in [2.05, 4.69) is 15.6 Å². The molecule has 166 valence electrons. The maximum absolute atomic E-state index is 13.2. The number of aliphatic imine (C=N–C) groups is 1. The topological polar surface area (TPSA) is 117 Å². The fourth-order valence-electron chi connectivity index (χ4n) is 3.63. The fraction of sp³-hybridized carbons (Fsp3) is 0.125. The Labute approximate surface area is 189 Å². The lowest BCUT2D eigenvalue weighted by atomic mass is 10.0. The van der Waals surface area contributed by atoms with Crippen LogP contribution in [0.1, 0.15) is 16.7 Å². The predicted octanol–water partition coefficient (Wildman–Crippen LogP) is 3.86. The van der Waals surface area contributed by atoms with E-state index in [1.807, 2.05) is 54.6 Å². The zero-order valence-corrected chi connectivity index (χ0v) is 18.0. The first-order chi connectivity index (χ1) is 15.8. The van der Waals surface area contributed by atoms with E-state index in [1.165, 1.54) is 23.1 Å². The lowest BCUT2D eigenvalue weighted by Gasteiger charge is -2.21. The van der Waals surface area contributed by atoms with E-state index < -0.39 is 23.0 Å². The number of nitrogens with one attached hydrogen (secondary N) is 2. The first kappa shape index (κ1) is 21.7. The van der Waals surface area contributed by atoms with Crippen molar-refractivity contribution in [2.75, 3.05) is 17.3 Å². The number of benzene rings is 3. The third-order valence-electron chi connectivity index (χ3n) is 5.33. The molecule has 2 N–H and O–H groups in total. The molecular formula is C24H21N5O4. The molecule has 9 nitrogen and oxygen atoms in total. The minimum atomic E-state index is -1.17. The number of nitro benzene ring substituents is 1. The van der Waals surface area contributed by atoms with Crippen LogP contribution in [-0.4, -0.2) is 35.8 Å². The first-order valence-electron chi connectivity index (χ1n) is 10.2. The molecule has 0 aliphatic carbocycles. The molecule has 0 bridgehead atoms. The highest BCUT2D eigenvalue weighted by Gasteiger charge is 2.31. The number of para-hydroxylation sites is 1. The Morgan fingerprint density at radius 2 is 1.76 bits per heavy atom. The summed E-state index contributed by atoms with van der Waals surface area (Å²) < 4.78 is 0. The molecule has 3 aromatic rings. The van der Waals surface area contributed by atoms with Gasteiger partial charge in [-0.05, 0) is 24.6 Å². The summed E-state index contributed by atoms with van der Waals surface area (Å²) in [6.45, 7) is 1.65. The van der Waals surface area contributed by atoms with E-state index in [-0.39, 0.29) is 5.69 Å². The molecule has 0 aromatic heterocycles. The second kappa shape index (κ2) is 8.91. The van der Waals surface area contributed by atoms with Crippen molar-refractivity contribution in [1.82, 2.24) is 5.32 Å². The number of non-ortho nitro benzene ring substituents is 1. The molecule has 4 rings (SSSR count). The number of nitro groups is 1. The average molecular weight is 443 g/mol. The summed E-state index contributed by atoms with van der Waals surface area (Å²) in [5, 5.41) is 16.2. The highest BCUT2D eigenvalue weighted by Crippen LogP contribution is 2.27. The van der Waals surface area contributed by atoms with Gasteiger partial charge in [-0.3, -0.25) is 14.9 Å². The van der Waals surface area contributed by atoms with Gasteiger partial charge in [0.05, 0.1) is 16.3 Å². The summed E-state index contributed by atoms with van der Waals surface area (Å²) in [5.41, 5.74) is 3.69. The van der Waals surface area contributed by atoms with Crippen LogP contribution in [0, 0.1) is 17.0 Å². The zero-order chi connectivity index (χ0) is 23.5. The van der Waals surface area contributed by atoms with E-state index >= 15 is 0 Å². The number of hydrogen-bond donors (Lipinski definition) is 2. The van der Waals surface area contributed by atoms with Crippen LogP contribution in [0.25, 0.3) is 0 Å². The lowest BCUT2D eigenvalue weighted by Crippen LogP contribution is -2.47. The van der Waals surface area contributed by atoms with Crippen LogP contribution in [0.3, 0.4) is 0 Å². The molecule has 1 atom stereocenters. The second-order valence-corrected chi connectivity index (χ2v) is 7.52. The number of benzodiazepines with no additional fused rings is 1. The molecule has 0 radical (unpaired) electrons. The third-order valence-corrected chi connectivity index (χ3v) is 5.33. The summed E-state index contributed by atoms with van der Waals surface area (Å²) in [6, 6.07) is 20.3. The summed E-state index contributed by atoms with van der Waals surface area (Å²) >= 11 is 0. The zero-order valence-electron chi connectivity index (χ0n) is 18.0. The Bertz CT molecular complexity index is 1270. The van der Waals surface area contributed by atoms with Gasteiger partial charge in [-0.15, -0.1) is 0 Å². The van der Waals surface area contributed by atoms with Crippen molar-refractivity contribution in [3.63, 3.8) is 0 Å². The number of amides is 3. The largest absolute Gasteiger partial charge is 0.321 e. The minimum Gasteiger partial charge on any atom is -0.311 e. The highest BCUT2D eigenvalue weighted by atomic mass is 16.6. The number of nitrogens with zero attached hydrogens (tertiary/aromatic N) is 3. The SMILES string of the molecule is Cc1cc([N+](=O)[O-])ccc1NC(=O)N[C@@H]1N=C(c2ccccc2)c2ccccc2N(C)C1=O. The molecule has 3 amide bonds. The molecule has 0 unspecified atom stereocenters. The van der Waals surface area contributed by atoms with E-state index in [4.69, 9.17) is 0 Å². The van der Waals surface area contributed by atoms with Gasteiger partial charge >= 0.3 is 6.03 Å². The number of anilines is 2. The predicted molar refractivity (Wildman–Crippen MR) is 126 cm³/mol. The molecule has 1 aliphatic rings. The number of carbonyl (C=O) groups excluding carboxylic acids is 2. The highest BCUT2D eigenvalue weighted by molar-refractivity contribution is 6.20. The monoisotopic (exact) mass is 443 g/mol. The van der Waals surface area contributed by atoms with Gasteiger partial charge in [0, 0.05) is 36.0 Å². The van der Waals surface area contributed by atoms with Gasteiger partial charge in [0.2, 0.25) is 6.17 Å². The molecule has 9 heteroatoms. The molecule has 0 fully saturated rings. The van der Waals surface area contributed by atoms with Crippen molar-refractivity contribution in [3.8, 4) is 0 Å². The Morgan fingerprint density at radius 1 is 1.06 bits per heavy atom. The van der Waals surface area contributed by atoms with Crippen molar-refractivity contribution in [1.29, 1.82) is 0 Å². The first-order valence-corrected chi connectivity index (χ1v) is 10.2. The Kier molecular flexibility index (Phi) is 5.86. The van der Waals surface area contributed by atoms with Crippen molar-refractivity contribution < 1.29 is 14.5 Å². The number of likely N-dealkylation sites (N-methyl/N-ethyl adjacent to an activating group) is 1. The molecule has 0 saturated heterocycles. The van der Waals surface area contributed by atoms with E-state index in [1.54, 1.807) is 14.0 Å². The van der Waals surface area contributed by atoms with Crippen molar-refractivity contribution in [2.45, 2.75) is 13.1 Å². The van der Waals surface area contributed by atoms with Gasteiger partial charge in [0.1, 0.15) is 0 Å². The Hall–Kier alpha value is -4.53. The smallest absolute Gasteiger partial charge is 0.311 e. The Balaban J connectivity index is 1.65. The number of hydrogen-bond acceptors (Lipinski definition) is 5. The fourth-order valence-corrected chi connectivity index (χ4v) is 3.63. The lowest BCUT2D eigenvalue weighted by molar-refractivity contribution is -0.384. The van der Waals surface area contributed by atoms with E-state index in [0.717, 1.165) is 11.1 Å². The molecule has 0 saturated carbocycles. The second-order valence-electron chi connectivity index (χ2n) is 7.52. The van der Waals surface area contributed by atoms with Crippen LogP contribution < -0.4 is 15.5 Å². The number of aryl methyl sites for hydroxylation is 1. The van der Waals surface area contributed by atoms with E-state index in [0.29, 0.717) is 22.6 Å². The van der Waals surface area contributed by atoms with Crippen LogP contribution in [0.4, 0.5) is 21.9 Å². The van der Waals surface area contributed by atoms with Crippen LogP contribution in [-0.2, 0) is 4.79 Å². The van der Waals surface area contributed by atoms with Crippen LogP contribution in [0.15, 0.2) is 77.8 Å². The quantitative estimate of drug-likeness (QED) is 0.470. The maximum atomic E-state index is 13.2. The normalized spacial score (nSPS) is 15.2. The molecule has 33 heavy (non-hydrogen) atoms. The molecule has 0 spiro atoms. The van der Waals surface area contributed by atoms with Gasteiger partial charge in [-0.25, -0.2) is 9.79 Å². The average Bonchev–Trinajstić information content (AvgIpc) is 2.91.